The second-order valence-corrected chi connectivity index (χ2v) is 8.72. The van der Waals surface area contributed by atoms with Crippen molar-refractivity contribution >= 4 is 17.7 Å². The molecule has 3 heterocycles. The molecule has 1 aliphatic heterocycles. The van der Waals surface area contributed by atoms with Crippen molar-refractivity contribution in [3.63, 3.8) is 0 Å². The van der Waals surface area contributed by atoms with Crippen LogP contribution >= 0.6 is 0 Å². The summed E-state index contributed by atoms with van der Waals surface area (Å²) in [7, 11) is 2.06. The Bertz CT molecular complexity index is 1370. The Morgan fingerprint density at radius 2 is 1.70 bits per heavy atom. The highest BCUT2D eigenvalue weighted by Crippen LogP contribution is 2.34. The summed E-state index contributed by atoms with van der Waals surface area (Å²) in [6.07, 6.45) is -4.44. The Kier molecular flexibility index (Phi) is 6.66. The van der Waals surface area contributed by atoms with Crippen LogP contribution in [0.1, 0.15) is 11.1 Å². The summed E-state index contributed by atoms with van der Waals surface area (Å²) < 4.78 is 45.5. The van der Waals surface area contributed by atoms with Gasteiger partial charge in [-0.1, -0.05) is 30.3 Å². The molecule has 0 bridgehead atoms. The van der Waals surface area contributed by atoms with Crippen LogP contribution in [0.2, 0.25) is 0 Å². The average molecular weight is 511 g/mol. The standard InChI is InChI=1S/C25H25F3N8O/c1-16-20(17-7-6-8-18(15-17)25(26,27)28)33-34-21(16)29-22-30-23(36-13-11-35(2)12-14-36)32-24(31-22)37-19-9-4-3-5-10-19/h3-10,15H,11-14H2,1-2H3,(H2,29,30,31,32,33,34). The van der Waals surface area contributed by atoms with Gasteiger partial charge in [-0.15, -0.1) is 0 Å². The molecule has 9 nitrogen and oxygen atoms in total. The summed E-state index contributed by atoms with van der Waals surface area (Å²) in [6.45, 7) is 4.97. The predicted molar refractivity (Wildman–Crippen MR) is 133 cm³/mol. The summed E-state index contributed by atoms with van der Waals surface area (Å²) in [5.74, 6) is 1.63. The van der Waals surface area contributed by atoms with Crippen molar-refractivity contribution in [2.75, 3.05) is 43.4 Å². The third-order valence-electron chi connectivity index (χ3n) is 6.06. The van der Waals surface area contributed by atoms with Crippen LogP contribution in [0.25, 0.3) is 11.3 Å². The Morgan fingerprint density at radius 3 is 2.43 bits per heavy atom. The van der Waals surface area contributed by atoms with Gasteiger partial charge in [-0.2, -0.15) is 33.2 Å². The number of ether oxygens (including phenoxy) is 1. The van der Waals surface area contributed by atoms with Crippen LogP contribution in [0.15, 0.2) is 54.6 Å². The van der Waals surface area contributed by atoms with Crippen LogP contribution in [0, 0.1) is 6.92 Å². The van der Waals surface area contributed by atoms with Crippen LogP contribution < -0.4 is 15.0 Å². The average Bonchev–Trinajstić information content (AvgIpc) is 3.24. The molecule has 0 amide bonds. The highest BCUT2D eigenvalue weighted by atomic mass is 19.4. The van der Waals surface area contributed by atoms with Crippen LogP contribution in [0.3, 0.4) is 0 Å². The van der Waals surface area contributed by atoms with E-state index in [0.29, 0.717) is 34.3 Å². The number of aromatic amines is 1. The summed E-state index contributed by atoms with van der Waals surface area (Å²) >= 11 is 0. The maximum absolute atomic E-state index is 13.2. The lowest BCUT2D eigenvalue weighted by atomic mass is 10.1. The molecule has 192 valence electrons. The maximum atomic E-state index is 13.2. The molecule has 4 aromatic rings. The SMILES string of the molecule is Cc1c(Nc2nc(Oc3ccccc3)nc(N3CCN(C)CC3)n2)n[nH]c1-c1cccc(C(F)(F)F)c1. The van der Waals surface area contributed by atoms with E-state index < -0.39 is 11.7 Å². The second-order valence-electron chi connectivity index (χ2n) is 8.72. The molecule has 0 aliphatic carbocycles. The third-order valence-corrected chi connectivity index (χ3v) is 6.06. The van der Waals surface area contributed by atoms with E-state index in [4.69, 9.17) is 4.74 Å². The molecule has 2 N–H and O–H groups in total. The van der Waals surface area contributed by atoms with Crippen molar-refractivity contribution in [2.45, 2.75) is 13.1 Å². The largest absolute Gasteiger partial charge is 0.424 e. The Labute approximate surface area is 211 Å². The first kappa shape index (κ1) is 24.5. The molecule has 5 rings (SSSR count). The number of aromatic nitrogens is 5. The van der Waals surface area contributed by atoms with Crippen molar-refractivity contribution in [3.8, 4) is 23.0 Å². The Balaban J connectivity index is 1.45. The minimum atomic E-state index is -4.44. The molecule has 0 spiro atoms. The van der Waals surface area contributed by atoms with Crippen LogP contribution in [-0.2, 0) is 6.18 Å². The lowest BCUT2D eigenvalue weighted by Gasteiger charge is -2.32. The van der Waals surface area contributed by atoms with E-state index >= 15 is 0 Å². The molecule has 2 aromatic carbocycles. The number of piperazine rings is 1. The lowest BCUT2D eigenvalue weighted by molar-refractivity contribution is -0.137. The fraction of sp³-hybridized carbons (Fsp3) is 0.280. The fourth-order valence-corrected chi connectivity index (χ4v) is 3.95. The van der Waals surface area contributed by atoms with Gasteiger partial charge >= 0.3 is 12.2 Å². The first-order valence-electron chi connectivity index (χ1n) is 11.7. The monoisotopic (exact) mass is 510 g/mol. The molecule has 0 atom stereocenters. The van der Waals surface area contributed by atoms with Gasteiger partial charge in [0.05, 0.1) is 11.3 Å². The zero-order valence-corrected chi connectivity index (χ0v) is 20.3. The molecule has 1 saturated heterocycles. The van der Waals surface area contributed by atoms with Gasteiger partial charge in [0.2, 0.25) is 11.9 Å². The topological polar surface area (TPSA) is 95.1 Å². The van der Waals surface area contributed by atoms with Crippen molar-refractivity contribution in [3.05, 3.63) is 65.7 Å². The summed E-state index contributed by atoms with van der Waals surface area (Å²) in [5, 5.41) is 10.2. The molecular weight excluding hydrogens is 485 g/mol. The van der Waals surface area contributed by atoms with Crippen molar-refractivity contribution < 1.29 is 17.9 Å². The summed E-state index contributed by atoms with van der Waals surface area (Å²) in [5.41, 5.74) is 0.717. The van der Waals surface area contributed by atoms with E-state index in [1.54, 1.807) is 25.1 Å². The first-order chi connectivity index (χ1) is 17.8. The van der Waals surface area contributed by atoms with E-state index in [-0.39, 0.29) is 12.0 Å². The van der Waals surface area contributed by atoms with Gasteiger partial charge in [0.25, 0.3) is 0 Å². The number of benzene rings is 2. The molecule has 12 heteroatoms. The predicted octanol–water partition coefficient (Wildman–Crippen LogP) is 4.88. The van der Waals surface area contributed by atoms with Gasteiger partial charge in [0.15, 0.2) is 5.82 Å². The number of nitrogens with zero attached hydrogens (tertiary/aromatic N) is 6. The molecule has 1 fully saturated rings. The van der Waals surface area contributed by atoms with Gasteiger partial charge in [-0.3, -0.25) is 5.10 Å². The molecule has 1 aliphatic rings. The number of hydrogen-bond acceptors (Lipinski definition) is 8. The zero-order chi connectivity index (χ0) is 26.0. The summed E-state index contributed by atoms with van der Waals surface area (Å²) in [4.78, 5) is 17.8. The fourth-order valence-electron chi connectivity index (χ4n) is 3.95. The lowest BCUT2D eigenvalue weighted by Crippen LogP contribution is -2.45. The quantitative estimate of drug-likeness (QED) is 0.379. The number of halogens is 3. The van der Waals surface area contributed by atoms with Crippen molar-refractivity contribution in [1.29, 1.82) is 0 Å². The van der Waals surface area contributed by atoms with E-state index in [1.165, 1.54) is 6.07 Å². The number of anilines is 3. The van der Waals surface area contributed by atoms with E-state index in [0.717, 1.165) is 38.3 Å². The Morgan fingerprint density at radius 1 is 0.946 bits per heavy atom. The minimum absolute atomic E-state index is 0.115. The number of likely N-dealkylation sites (N-methyl/N-ethyl adjacent to an activating group) is 1. The molecule has 2 aromatic heterocycles. The zero-order valence-electron chi connectivity index (χ0n) is 20.3. The maximum Gasteiger partial charge on any atom is 0.416 e. The van der Waals surface area contributed by atoms with Crippen molar-refractivity contribution in [1.82, 2.24) is 30.0 Å². The van der Waals surface area contributed by atoms with Crippen LogP contribution in [0.4, 0.5) is 30.9 Å². The number of para-hydroxylation sites is 1. The number of rotatable bonds is 6. The molecule has 37 heavy (non-hydrogen) atoms. The highest BCUT2D eigenvalue weighted by Gasteiger charge is 2.31. The molecule has 0 unspecified atom stereocenters. The van der Waals surface area contributed by atoms with E-state index in [2.05, 4.69) is 47.3 Å². The highest BCUT2D eigenvalue weighted by molar-refractivity contribution is 5.70. The van der Waals surface area contributed by atoms with Gasteiger partial charge in [-0.05, 0) is 38.2 Å². The Hall–Kier alpha value is -4.19. The number of H-pyrrole nitrogens is 1. The van der Waals surface area contributed by atoms with Gasteiger partial charge < -0.3 is 19.9 Å². The molecule has 0 saturated carbocycles. The number of alkyl halides is 3. The molecule has 0 radical (unpaired) electrons. The molecular formula is C25H25F3N8O. The van der Waals surface area contributed by atoms with Gasteiger partial charge in [-0.25, -0.2) is 0 Å². The van der Waals surface area contributed by atoms with E-state index in [9.17, 15) is 13.2 Å². The summed E-state index contributed by atoms with van der Waals surface area (Å²) in [6, 6.07) is 14.4. The van der Waals surface area contributed by atoms with Crippen LogP contribution in [-0.4, -0.2) is 63.3 Å². The normalized spacial score (nSPS) is 14.6. The van der Waals surface area contributed by atoms with Gasteiger partial charge in [0, 0.05) is 37.3 Å². The van der Waals surface area contributed by atoms with Crippen LogP contribution in [0.5, 0.6) is 11.8 Å². The number of hydrogen-bond donors (Lipinski definition) is 2. The first-order valence-corrected chi connectivity index (χ1v) is 11.7. The van der Waals surface area contributed by atoms with Crippen molar-refractivity contribution in [2.24, 2.45) is 0 Å². The third kappa shape index (κ3) is 5.64. The second kappa shape index (κ2) is 10.1. The smallest absolute Gasteiger partial charge is 0.416 e. The number of nitrogens with one attached hydrogen (secondary N) is 2. The van der Waals surface area contributed by atoms with Gasteiger partial charge in [0.1, 0.15) is 5.75 Å². The van der Waals surface area contributed by atoms with E-state index in [1.807, 2.05) is 18.2 Å². The minimum Gasteiger partial charge on any atom is -0.424 e.